The summed E-state index contributed by atoms with van der Waals surface area (Å²) in [5.74, 6) is 0.518. The molecule has 5 nitrogen and oxygen atoms in total. The zero-order valence-corrected chi connectivity index (χ0v) is 16.1. The van der Waals surface area contributed by atoms with Crippen LogP contribution in [0.25, 0.3) is 0 Å². The molecule has 0 aromatic heterocycles. The van der Waals surface area contributed by atoms with Gasteiger partial charge >= 0.3 is 7.82 Å². The van der Waals surface area contributed by atoms with Crippen LogP contribution in [0, 0.1) is 0 Å². The lowest BCUT2D eigenvalue weighted by molar-refractivity contribution is -0.172. The minimum absolute atomic E-state index is 0. The molecule has 2 rings (SSSR count). The van der Waals surface area contributed by atoms with Crippen molar-refractivity contribution in [3.05, 3.63) is 29.3 Å². The largest absolute Gasteiger partial charge is 0.515 e. The van der Waals surface area contributed by atoms with Crippen molar-refractivity contribution in [1.29, 1.82) is 0 Å². The van der Waals surface area contributed by atoms with Crippen molar-refractivity contribution in [3.63, 3.8) is 0 Å². The summed E-state index contributed by atoms with van der Waals surface area (Å²) in [4.78, 5) is 5.23. The van der Waals surface area contributed by atoms with E-state index in [2.05, 4.69) is 47.6 Å². The maximum absolute atomic E-state index is 11.6. The first-order valence-corrected chi connectivity index (χ1v) is 8.38. The van der Waals surface area contributed by atoms with Crippen molar-refractivity contribution in [2.75, 3.05) is 6.79 Å². The Morgan fingerprint density at radius 2 is 1.64 bits per heavy atom. The van der Waals surface area contributed by atoms with Crippen molar-refractivity contribution in [3.8, 4) is 5.75 Å². The van der Waals surface area contributed by atoms with Crippen LogP contribution in [-0.2, 0) is 29.1 Å². The highest BCUT2D eigenvalue weighted by atomic mass is 31.2. The van der Waals surface area contributed by atoms with Gasteiger partial charge in [0.25, 0.3) is 0 Å². The molecule has 0 aliphatic carbocycles. The van der Waals surface area contributed by atoms with E-state index in [1.807, 2.05) is 12.1 Å². The van der Waals surface area contributed by atoms with Crippen LogP contribution in [0.1, 0.15) is 52.7 Å². The summed E-state index contributed by atoms with van der Waals surface area (Å²) in [5.41, 5.74) is 2.06. The van der Waals surface area contributed by atoms with Gasteiger partial charge in [-0.1, -0.05) is 58.3 Å². The molecule has 1 aromatic rings. The zero-order chi connectivity index (χ0) is 15.9. The molecule has 0 spiro atoms. The van der Waals surface area contributed by atoms with E-state index in [-0.39, 0.29) is 35.0 Å². The number of benzene rings is 1. The quantitative estimate of drug-likeness (QED) is 0.355. The lowest BCUT2D eigenvalue weighted by Gasteiger charge is -2.28. The van der Waals surface area contributed by atoms with Gasteiger partial charge in [0.2, 0.25) is 0 Å². The first-order valence-electron chi connectivity index (χ1n) is 6.92. The zero-order valence-electron chi connectivity index (χ0n) is 14.0. The number of hydrogen-bond acceptors (Lipinski definition) is 5. The van der Waals surface area contributed by atoms with Crippen LogP contribution in [0.4, 0.5) is 0 Å². The third kappa shape index (κ3) is 4.58. The molecule has 1 saturated heterocycles. The Balaban J connectivity index is 0.00000242. The molecule has 1 aliphatic heterocycles. The van der Waals surface area contributed by atoms with Crippen LogP contribution < -0.4 is 4.89 Å². The van der Waals surface area contributed by atoms with Gasteiger partial charge in [-0.05, 0) is 22.5 Å². The molecular formula is C15H23AlO5P. The molecule has 7 heteroatoms. The summed E-state index contributed by atoms with van der Waals surface area (Å²) < 4.78 is 25.9. The highest BCUT2D eigenvalue weighted by Crippen LogP contribution is 2.57. The van der Waals surface area contributed by atoms with Crippen LogP contribution in [0.3, 0.4) is 0 Å². The lowest BCUT2D eigenvalue weighted by atomic mass is 9.80. The Labute approximate surface area is 143 Å². The van der Waals surface area contributed by atoms with Gasteiger partial charge in [-0.15, -0.1) is 0 Å². The average molecular weight is 341 g/mol. The van der Waals surface area contributed by atoms with Gasteiger partial charge in [-0.2, -0.15) is 0 Å². The van der Waals surface area contributed by atoms with Gasteiger partial charge in [0.05, 0.1) is 0 Å². The third-order valence-corrected chi connectivity index (χ3v) is 4.39. The number of phosphoric acid groups is 1. The minimum atomic E-state index is -3.50. The number of phosphoric ester groups is 1. The Morgan fingerprint density at radius 3 is 2.05 bits per heavy atom. The van der Waals surface area contributed by atoms with Crippen LogP contribution >= 0.6 is 7.82 Å². The number of rotatable bonds is 3. The molecule has 1 aliphatic rings. The van der Waals surface area contributed by atoms with Crippen molar-refractivity contribution in [2.45, 2.75) is 52.4 Å². The second-order valence-corrected chi connectivity index (χ2v) is 8.75. The fourth-order valence-electron chi connectivity index (χ4n) is 1.92. The number of hydrogen-bond donors (Lipinski definition) is 0. The highest BCUT2D eigenvalue weighted by molar-refractivity contribution is 7.49. The predicted octanol–water partition coefficient (Wildman–Crippen LogP) is 4.32. The molecule has 1 fully saturated rings. The molecule has 121 valence electrons. The first-order chi connectivity index (χ1) is 9.51. The van der Waals surface area contributed by atoms with E-state index < -0.39 is 7.82 Å². The SMILES string of the molecule is CC(C)(C)c1ccc(OOP2(=O)OCO2)c(C(C)(C)C)c1.[Al]. The minimum Gasteiger partial charge on any atom is -0.327 e. The standard InChI is InChI=1S/C15H23O5P.Al/c1-14(2,3)11-7-8-13(12(9-11)15(4,5)6)19-20-21(16)17-10-18-21;/h7-9H,10H2,1-6H3;. The molecule has 0 unspecified atom stereocenters. The Kier molecular flexibility index (Phi) is 5.96. The van der Waals surface area contributed by atoms with E-state index in [0.717, 1.165) is 5.56 Å². The van der Waals surface area contributed by atoms with Crippen LogP contribution in [0.5, 0.6) is 5.75 Å². The second kappa shape index (κ2) is 6.65. The van der Waals surface area contributed by atoms with E-state index >= 15 is 0 Å². The molecule has 3 radical (unpaired) electrons. The topological polar surface area (TPSA) is 54.0 Å². The van der Waals surface area contributed by atoms with Gasteiger partial charge in [0, 0.05) is 22.9 Å². The van der Waals surface area contributed by atoms with Gasteiger partial charge in [0.1, 0.15) is 0 Å². The molecule has 0 saturated carbocycles. The first kappa shape index (κ1) is 19.7. The van der Waals surface area contributed by atoms with Crippen molar-refractivity contribution in [2.24, 2.45) is 0 Å². The lowest BCUT2D eigenvalue weighted by Crippen LogP contribution is -2.19. The van der Waals surface area contributed by atoms with Crippen LogP contribution in [0.2, 0.25) is 0 Å². The molecule has 1 aromatic carbocycles. The molecule has 0 amide bonds. The fourth-order valence-corrected chi connectivity index (χ4v) is 2.46. The van der Waals surface area contributed by atoms with Crippen molar-refractivity contribution in [1.82, 2.24) is 0 Å². The predicted molar refractivity (Wildman–Crippen MR) is 86.0 cm³/mol. The molecular weight excluding hydrogens is 318 g/mol. The Morgan fingerprint density at radius 1 is 1.05 bits per heavy atom. The Hall–Kier alpha value is -0.338. The normalized spacial score (nSPS) is 17.4. The van der Waals surface area contributed by atoms with E-state index in [1.165, 1.54) is 5.56 Å². The molecule has 22 heavy (non-hydrogen) atoms. The summed E-state index contributed by atoms with van der Waals surface area (Å²) in [6.45, 7) is 12.7. The summed E-state index contributed by atoms with van der Waals surface area (Å²) in [6, 6.07) is 5.90. The summed E-state index contributed by atoms with van der Waals surface area (Å²) in [5, 5.41) is 0. The van der Waals surface area contributed by atoms with E-state index in [1.54, 1.807) is 0 Å². The summed E-state index contributed by atoms with van der Waals surface area (Å²) >= 11 is 0. The van der Waals surface area contributed by atoms with E-state index in [0.29, 0.717) is 5.75 Å². The second-order valence-electron chi connectivity index (χ2n) is 7.19. The van der Waals surface area contributed by atoms with E-state index in [4.69, 9.17) is 18.6 Å². The highest BCUT2D eigenvalue weighted by Gasteiger charge is 2.39. The monoisotopic (exact) mass is 341 g/mol. The maximum Gasteiger partial charge on any atom is 0.515 e. The van der Waals surface area contributed by atoms with Crippen molar-refractivity contribution < 1.29 is 23.2 Å². The van der Waals surface area contributed by atoms with Gasteiger partial charge in [0.15, 0.2) is 12.5 Å². The molecule has 0 N–H and O–H groups in total. The molecule has 0 atom stereocenters. The summed E-state index contributed by atoms with van der Waals surface area (Å²) in [6.07, 6.45) is 0. The van der Waals surface area contributed by atoms with Gasteiger partial charge in [-0.25, -0.2) is 4.57 Å². The van der Waals surface area contributed by atoms with Crippen molar-refractivity contribution >= 4 is 25.2 Å². The summed E-state index contributed by atoms with van der Waals surface area (Å²) in [7, 11) is -3.50. The fraction of sp³-hybridized carbons (Fsp3) is 0.600. The smallest absolute Gasteiger partial charge is 0.327 e. The van der Waals surface area contributed by atoms with Crippen LogP contribution in [-0.4, -0.2) is 24.2 Å². The van der Waals surface area contributed by atoms with Gasteiger partial charge in [-0.3, -0.25) is 9.05 Å². The molecule has 0 bridgehead atoms. The average Bonchev–Trinajstić information content (AvgIpc) is 2.31. The molecule has 1 heterocycles. The van der Waals surface area contributed by atoms with E-state index in [9.17, 15) is 4.57 Å². The maximum atomic E-state index is 11.6. The third-order valence-electron chi connectivity index (χ3n) is 3.29. The van der Waals surface area contributed by atoms with Gasteiger partial charge < -0.3 is 4.89 Å². The Bertz CT molecular complexity index is 566. The van der Waals surface area contributed by atoms with Crippen LogP contribution in [0.15, 0.2) is 18.2 Å².